The van der Waals surface area contributed by atoms with Gasteiger partial charge in [0.25, 0.3) is 0 Å². The largest absolute Gasteiger partial charge is 0.416 e. The minimum Gasteiger partial charge on any atom is -0.345 e. The first-order valence-electron chi connectivity index (χ1n) is 4.65. The number of aryl methyl sites for hydroxylation is 1. The van der Waals surface area contributed by atoms with E-state index in [1.54, 1.807) is 6.07 Å². The zero-order valence-corrected chi connectivity index (χ0v) is 8.47. The zero-order valence-electron chi connectivity index (χ0n) is 8.47. The summed E-state index contributed by atoms with van der Waals surface area (Å²) in [4.78, 5) is 6.55. The van der Waals surface area contributed by atoms with E-state index in [4.69, 9.17) is 0 Å². The second-order valence-corrected chi connectivity index (χ2v) is 3.49. The number of hydrogen-bond acceptors (Lipinski definition) is 1. The van der Waals surface area contributed by atoms with Gasteiger partial charge in [0.1, 0.15) is 0 Å². The second-order valence-electron chi connectivity index (χ2n) is 3.49. The molecule has 0 bridgehead atoms. The van der Waals surface area contributed by atoms with Gasteiger partial charge in [0.15, 0.2) is 0 Å². The molecule has 2 aromatic rings. The first-order chi connectivity index (χ1) is 7.48. The molecule has 1 aromatic carbocycles. The maximum absolute atomic E-state index is 12.6. The molecule has 0 spiro atoms. The topological polar surface area (TPSA) is 28.7 Å². The summed E-state index contributed by atoms with van der Waals surface area (Å²) in [5.41, 5.74) is 0.663. The quantitative estimate of drug-likeness (QED) is 0.793. The molecule has 0 saturated carbocycles. The van der Waals surface area contributed by atoms with Gasteiger partial charge < -0.3 is 4.98 Å². The lowest BCUT2D eigenvalue weighted by Gasteiger charge is -2.11. The Morgan fingerprint density at radius 2 is 2.00 bits per heavy atom. The standard InChI is InChI=1S/C11H9F3N2/c1-7-2-3-8(10-5-15-6-16-10)4-9(7)11(12,13)14/h2-6H,1H3,(H,15,16). The van der Waals surface area contributed by atoms with E-state index >= 15 is 0 Å². The van der Waals surface area contributed by atoms with Gasteiger partial charge in [-0.2, -0.15) is 13.2 Å². The van der Waals surface area contributed by atoms with Crippen LogP contribution >= 0.6 is 0 Å². The van der Waals surface area contributed by atoms with Gasteiger partial charge >= 0.3 is 6.18 Å². The van der Waals surface area contributed by atoms with Crippen LogP contribution < -0.4 is 0 Å². The van der Waals surface area contributed by atoms with Crippen LogP contribution in [0.15, 0.2) is 30.7 Å². The van der Waals surface area contributed by atoms with Crippen molar-refractivity contribution in [1.29, 1.82) is 0 Å². The molecular formula is C11H9F3N2. The van der Waals surface area contributed by atoms with Crippen molar-refractivity contribution >= 4 is 0 Å². The molecule has 2 nitrogen and oxygen atoms in total. The predicted octanol–water partition coefficient (Wildman–Crippen LogP) is 3.40. The Labute approximate surface area is 90.1 Å². The molecule has 1 heterocycles. The first kappa shape index (κ1) is 10.7. The Bertz CT molecular complexity index is 486. The molecular weight excluding hydrogens is 217 g/mol. The van der Waals surface area contributed by atoms with E-state index < -0.39 is 11.7 Å². The van der Waals surface area contributed by atoms with E-state index in [1.807, 2.05) is 0 Å². The molecule has 0 amide bonds. The molecule has 1 N–H and O–H groups in total. The van der Waals surface area contributed by atoms with Crippen LogP contribution in [0.5, 0.6) is 0 Å². The van der Waals surface area contributed by atoms with Crippen LogP contribution in [0.4, 0.5) is 13.2 Å². The number of H-pyrrole nitrogens is 1. The fourth-order valence-electron chi connectivity index (χ4n) is 1.51. The molecule has 2 rings (SSSR count). The SMILES string of the molecule is Cc1ccc(-c2cnc[nH]2)cc1C(F)(F)F. The van der Waals surface area contributed by atoms with E-state index in [0.717, 1.165) is 6.07 Å². The summed E-state index contributed by atoms with van der Waals surface area (Å²) in [6.07, 6.45) is -1.40. The highest BCUT2D eigenvalue weighted by atomic mass is 19.4. The minimum absolute atomic E-state index is 0.218. The van der Waals surface area contributed by atoms with Gasteiger partial charge in [-0.15, -0.1) is 0 Å². The number of rotatable bonds is 1. The van der Waals surface area contributed by atoms with Crippen molar-refractivity contribution < 1.29 is 13.2 Å². The molecule has 1 aromatic heterocycles. The molecule has 0 atom stereocenters. The highest BCUT2D eigenvalue weighted by Crippen LogP contribution is 2.34. The normalized spacial score (nSPS) is 11.8. The Balaban J connectivity index is 2.52. The first-order valence-corrected chi connectivity index (χ1v) is 4.65. The van der Waals surface area contributed by atoms with Gasteiger partial charge in [-0.1, -0.05) is 12.1 Å². The summed E-state index contributed by atoms with van der Waals surface area (Å²) in [6.45, 7) is 1.44. The summed E-state index contributed by atoms with van der Waals surface area (Å²) < 4.78 is 37.9. The summed E-state index contributed by atoms with van der Waals surface area (Å²) in [6, 6.07) is 4.22. The Morgan fingerprint density at radius 3 is 2.56 bits per heavy atom. The van der Waals surface area contributed by atoms with Crippen molar-refractivity contribution in [2.75, 3.05) is 0 Å². The van der Waals surface area contributed by atoms with Crippen LogP contribution in [0.25, 0.3) is 11.3 Å². The number of hydrogen-bond donors (Lipinski definition) is 1. The highest BCUT2D eigenvalue weighted by Gasteiger charge is 2.32. The molecule has 0 aliphatic carbocycles. The number of aromatic nitrogens is 2. The Morgan fingerprint density at radius 1 is 1.25 bits per heavy atom. The van der Waals surface area contributed by atoms with Gasteiger partial charge in [0, 0.05) is 5.56 Å². The van der Waals surface area contributed by atoms with Crippen molar-refractivity contribution in [2.45, 2.75) is 13.1 Å². The molecule has 0 fully saturated rings. The fraction of sp³-hybridized carbons (Fsp3) is 0.182. The molecule has 5 heteroatoms. The Hall–Kier alpha value is -1.78. The highest BCUT2D eigenvalue weighted by molar-refractivity contribution is 5.60. The molecule has 0 aliphatic rings. The van der Waals surface area contributed by atoms with Crippen LogP contribution in [0.2, 0.25) is 0 Å². The van der Waals surface area contributed by atoms with Crippen LogP contribution in [-0.2, 0) is 6.18 Å². The van der Waals surface area contributed by atoms with Gasteiger partial charge in [-0.3, -0.25) is 0 Å². The lowest BCUT2D eigenvalue weighted by atomic mass is 10.0. The third kappa shape index (κ3) is 1.93. The smallest absolute Gasteiger partial charge is 0.345 e. The predicted molar refractivity (Wildman–Crippen MR) is 53.8 cm³/mol. The number of benzene rings is 1. The lowest BCUT2D eigenvalue weighted by Crippen LogP contribution is -2.07. The monoisotopic (exact) mass is 226 g/mol. The van der Waals surface area contributed by atoms with Crippen molar-refractivity contribution in [2.24, 2.45) is 0 Å². The third-order valence-corrected chi connectivity index (χ3v) is 2.35. The van der Waals surface area contributed by atoms with Gasteiger partial charge in [-0.25, -0.2) is 4.98 Å². The number of nitrogens with zero attached hydrogens (tertiary/aromatic N) is 1. The van der Waals surface area contributed by atoms with E-state index in [-0.39, 0.29) is 5.56 Å². The number of imidazole rings is 1. The average molecular weight is 226 g/mol. The third-order valence-electron chi connectivity index (χ3n) is 2.35. The van der Waals surface area contributed by atoms with Crippen LogP contribution in [-0.4, -0.2) is 9.97 Å². The lowest BCUT2D eigenvalue weighted by molar-refractivity contribution is -0.138. The number of alkyl halides is 3. The van der Waals surface area contributed by atoms with E-state index in [0.29, 0.717) is 11.3 Å². The van der Waals surface area contributed by atoms with Gasteiger partial charge in [-0.05, 0) is 18.6 Å². The minimum atomic E-state index is -4.32. The molecule has 0 unspecified atom stereocenters. The van der Waals surface area contributed by atoms with E-state index in [9.17, 15) is 13.2 Å². The fourth-order valence-corrected chi connectivity index (χ4v) is 1.51. The van der Waals surface area contributed by atoms with Crippen LogP contribution in [0, 0.1) is 6.92 Å². The maximum Gasteiger partial charge on any atom is 0.416 e. The van der Waals surface area contributed by atoms with Crippen LogP contribution in [0.1, 0.15) is 11.1 Å². The summed E-state index contributed by atoms with van der Waals surface area (Å²) in [7, 11) is 0. The molecule has 84 valence electrons. The molecule has 0 aliphatic heterocycles. The number of halogens is 3. The summed E-state index contributed by atoms with van der Waals surface area (Å²) in [5.74, 6) is 0. The average Bonchev–Trinajstić information content (AvgIpc) is 2.69. The molecule has 16 heavy (non-hydrogen) atoms. The van der Waals surface area contributed by atoms with Gasteiger partial charge in [0.05, 0.1) is 23.8 Å². The second kappa shape index (κ2) is 3.66. The van der Waals surface area contributed by atoms with Crippen molar-refractivity contribution in [1.82, 2.24) is 9.97 Å². The van der Waals surface area contributed by atoms with E-state index in [2.05, 4.69) is 9.97 Å². The van der Waals surface area contributed by atoms with Crippen molar-refractivity contribution in [3.8, 4) is 11.3 Å². The zero-order chi connectivity index (χ0) is 11.8. The van der Waals surface area contributed by atoms with Gasteiger partial charge in [0.2, 0.25) is 0 Å². The summed E-state index contributed by atoms with van der Waals surface area (Å²) in [5, 5.41) is 0. The van der Waals surface area contributed by atoms with E-state index in [1.165, 1.54) is 25.5 Å². The maximum atomic E-state index is 12.6. The molecule has 0 radical (unpaired) electrons. The number of aromatic amines is 1. The molecule has 0 saturated heterocycles. The van der Waals surface area contributed by atoms with Crippen LogP contribution in [0.3, 0.4) is 0 Å². The Kier molecular flexibility index (Phi) is 2.46. The van der Waals surface area contributed by atoms with Crippen molar-refractivity contribution in [3.63, 3.8) is 0 Å². The summed E-state index contributed by atoms with van der Waals surface area (Å²) >= 11 is 0. The number of nitrogens with one attached hydrogen (secondary N) is 1. The van der Waals surface area contributed by atoms with Crippen molar-refractivity contribution in [3.05, 3.63) is 41.9 Å².